The predicted molar refractivity (Wildman–Crippen MR) is 91.6 cm³/mol. The standard InChI is InChI=1S/C17H25NO5S/c1-23-14-8-6-13(7-9-14)16(19)12-18-17(20)10-11-24(21,22)15-4-2-3-5-15/h6-9,15-16,19H,2-5,10-12H2,1H3,(H,18,20). The number of aliphatic hydroxyl groups is 1. The summed E-state index contributed by atoms with van der Waals surface area (Å²) in [6.07, 6.45) is 2.41. The van der Waals surface area contributed by atoms with Crippen LogP contribution in [0.4, 0.5) is 0 Å². The van der Waals surface area contributed by atoms with E-state index in [-0.39, 0.29) is 29.9 Å². The maximum Gasteiger partial charge on any atom is 0.221 e. The number of carbonyl (C=O) groups excluding carboxylic acids is 1. The fourth-order valence-corrected chi connectivity index (χ4v) is 4.75. The fourth-order valence-electron chi connectivity index (χ4n) is 2.89. The molecule has 1 amide bonds. The average Bonchev–Trinajstić information content (AvgIpc) is 3.13. The lowest BCUT2D eigenvalue weighted by atomic mass is 10.1. The normalized spacial score (nSPS) is 16.8. The van der Waals surface area contributed by atoms with Gasteiger partial charge in [0.25, 0.3) is 0 Å². The van der Waals surface area contributed by atoms with Gasteiger partial charge in [-0.3, -0.25) is 4.79 Å². The van der Waals surface area contributed by atoms with Gasteiger partial charge in [-0.1, -0.05) is 25.0 Å². The van der Waals surface area contributed by atoms with Crippen molar-refractivity contribution < 1.29 is 23.1 Å². The summed E-state index contributed by atoms with van der Waals surface area (Å²) in [5.74, 6) is 0.207. The van der Waals surface area contributed by atoms with Crippen molar-refractivity contribution in [3.05, 3.63) is 29.8 Å². The third-order valence-corrected chi connectivity index (χ3v) is 6.68. The number of benzene rings is 1. The third-order valence-electron chi connectivity index (χ3n) is 4.42. The van der Waals surface area contributed by atoms with Crippen LogP contribution >= 0.6 is 0 Å². The Labute approximate surface area is 143 Å². The SMILES string of the molecule is COc1ccc(C(O)CNC(=O)CCS(=O)(=O)C2CCCC2)cc1. The summed E-state index contributed by atoms with van der Waals surface area (Å²) in [4.78, 5) is 11.8. The van der Waals surface area contributed by atoms with Gasteiger partial charge in [-0.15, -0.1) is 0 Å². The summed E-state index contributed by atoms with van der Waals surface area (Å²) in [5.41, 5.74) is 0.662. The summed E-state index contributed by atoms with van der Waals surface area (Å²) in [5, 5.41) is 12.4. The highest BCUT2D eigenvalue weighted by Gasteiger charge is 2.28. The number of amides is 1. The molecule has 0 heterocycles. The minimum absolute atomic E-state index is 0.0502. The molecule has 1 aliphatic carbocycles. The zero-order chi connectivity index (χ0) is 17.6. The Bertz CT molecular complexity index is 635. The summed E-state index contributed by atoms with van der Waals surface area (Å²) in [6, 6.07) is 6.91. The zero-order valence-corrected chi connectivity index (χ0v) is 14.7. The number of rotatable bonds is 8. The van der Waals surface area contributed by atoms with E-state index in [9.17, 15) is 18.3 Å². The van der Waals surface area contributed by atoms with Gasteiger partial charge in [0.15, 0.2) is 9.84 Å². The Kier molecular flexibility index (Phi) is 6.62. The predicted octanol–water partition coefficient (Wildman–Crippen LogP) is 1.59. The number of hydrogen-bond donors (Lipinski definition) is 2. The first kappa shape index (κ1) is 18.7. The van der Waals surface area contributed by atoms with Crippen LogP contribution in [0.25, 0.3) is 0 Å². The van der Waals surface area contributed by atoms with Crippen molar-refractivity contribution in [1.29, 1.82) is 0 Å². The van der Waals surface area contributed by atoms with Gasteiger partial charge in [0, 0.05) is 13.0 Å². The Hall–Kier alpha value is -1.60. The summed E-state index contributed by atoms with van der Waals surface area (Å²) in [6.45, 7) is 0.0502. The van der Waals surface area contributed by atoms with Crippen LogP contribution < -0.4 is 10.1 Å². The fraction of sp³-hybridized carbons (Fsp3) is 0.588. The topological polar surface area (TPSA) is 92.7 Å². The Morgan fingerprint density at radius 3 is 2.50 bits per heavy atom. The van der Waals surface area contributed by atoms with Crippen LogP contribution in [0.5, 0.6) is 5.75 Å². The number of methoxy groups -OCH3 is 1. The quantitative estimate of drug-likeness (QED) is 0.739. The molecule has 6 nitrogen and oxygen atoms in total. The molecule has 1 saturated carbocycles. The van der Waals surface area contributed by atoms with Crippen LogP contribution in [0.15, 0.2) is 24.3 Å². The van der Waals surface area contributed by atoms with Gasteiger partial charge in [-0.05, 0) is 30.5 Å². The van der Waals surface area contributed by atoms with Crippen LogP contribution in [0.1, 0.15) is 43.8 Å². The van der Waals surface area contributed by atoms with E-state index in [1.54, 1.807) is 31.4 Å². The average molecular weight is 355 g/mol. The van der Waals surface area contributed by atoms with Gasteiger partial charge in [-0.25, -0.2) is 8.42 Å². The highest BCUT2D eigenvalue weighted by atomic mass is 32.2. The largest absolute Gasteiger partial charge is 0.497 e. The van der Waals surface area contributed by atoms with Crippen molar-refractivity contribution >= 4 is 15.7 Å². The van der Waals surface area contributed by atoms with Crippen LogP contribution in [0, 0.1) is 0 Å². The maximum atomic E-state index is 12.1. The van der Waals surface area contributed by atoms with E-state index < -0.39 is 15.9 Å². The highest BCUT2D eigenvalue weighted by Crippen LogP contribution is 2.25. The van der Waals surface area contributed by atoms with E-state index in [0.717, 1.165) is 12.8 Å². The maximum absolute atomic E-state index is 12.1. The second kappa shape index (κ2) is 8.48. The molecule has 0 radical (unpaired) electrons. The van der Waals surface area contributed by atoms with E-state index >= 15 is 0 Å². The molecule has 1 aromatic rings. The van der Waals surface area contributed by atoms with Gasteiger partial charge in [0.2, 0.25) is 5.91 Å². The lowest BCUT2D eigenvalue weighted by Gasteiger charge is -2.14. The van der Waals surface area contributed by atoms with Crippen molar-refractivity contribution in [2.75, 3.05) is 19.4 Å². The third kappa shape index (κ3) is 5.21. The molecule has 1 unspecified atom stereocenters. The van der Waals surface area contributed by atoms with E-state index in [1.807, 2.05) is 0 Å². The van der Waals surface area contributed by atoms with Crippen molar-refractivity contribution in [1.82, 2.24) is 5.32 Å². The molecule has 7 heteroatoms. The van der Waals surface area contributed by atoms with Crippen LogP contribution in [0.2, 0.25) is 0 Å². The summed E-state index contributed by atoms with van der Waals surface area (Å²) >= 11 is 0. The van der Waals surface area contributed by atoms with E-state index in [2.05, 4.69) is 5.32 Å². The van der Waals surface area contributed by atoms with E-state index in [1.165, 1.54) is 0 Å². The van der Waals surface area contributed by atoms with Crippen molar-refractivity contribution in [2.24, 2.45) is 0 Å². The molecule has 2 rings (SSSR count). The zero-order valence-electron chi connectivity index (χ0n) is 13.9. The van der Waals surface area contributed by atoms with Crippen molar-refractivity contribution in [3.8, 4) is 5.75 Å². The molecule has 24 heavy (non-hydrogen) atoms. The van der Waals surface area contributed by atoms with Gasteiger partial charge in [-0.2, -0.15) is 0 Å². The van der Waals surface area contributed by atoms with Crippen LogP contribution in [-0.4, -0.2) is 44.1 Å². The number of nitrogens with one attached hydrogen (secondary N) is 1. The molecule has 2 N–H and O–H groups in total. The second-order valence-corrected chi connectivity index (χ2v) is 8.52. The first-order valence-electron chi connectivity index (χ1n) is 8.22. The lowest BCUT2D eigenvalue weighted by molar-refractivity contribution is -0.121. The molecule has 1 aromatic carbocycles. The molecule has 0 bridgehead atoms. The molecule has 0 aliphatic heterocycles. The number of aliphatic hydroxyl groups excluding tert-OH is 1. The van der Waals surface area contributed by atoms with Crippen LogP contribution in [0.3, 0.4) is 0 Å². The number of sulfone groups is 1. The number of carbonyl (C=O) groups is 1. The molecule has 1 aliphatic rings. The lowest BCUT2D eigenvalue weighted by Crippen LogP contribution is -2.31. The first-order valence-corrected chi connectivity index (χ1v) is 9.94. The number of ether oxygens (including phenoxy) is 1. The Morgan fingerprint density at radius 2 is 1.92 bits per heavy atom. The monoisotopic (exact) mass is 355 g/mol. The molecule has 0 aromatic heterocycles. The van der Waals surface area contributed by atoms with Gasteiger partial charge in [0.05, 0.1) is 24.2 Å². The van der Waals surface area contributed by atoms with E-state index in [4.69, 9.17) is 4.74 Å². The molecule has 134 valence electrons. The van der Waals surface area contributed by atoms with Gasteiger partial charge in [0.1, 0.15) is 5.75 Å². The molecule has 0 saturated heterocycles. The van der Waals surface area contributed by atoms with Crippen molar-refractivity contribution in [2.45, 2.75) is 43.5 Å². The van der Waals surface area contributed by atoms with Gasteiger partial charge >= 0.3 is 0 Å². The summed E-state index contributed by atoms with van der Waals surface area (Å²) in [7, 11) is -1.63. The molecule has 1 atom stereocenters. The van der Waals surface area contributed by atoms with Gasteiger partial charge < -0.3 is 15.2 Å². The van der Waals surface area contributed by atoms with Crippen molar-refractivity contribution in [3.63, 3.8) is 0 Å². The number of hydrogen-bond acceptors (Lipinski definition) is 5. The highest BCUT2D eigenvalue weighted by molar-refractivity contribution is 7.92. The smallest absolute Gasteiger partial charge is 0.221 e. The molecule has 0 spiro atoms. The minimum Gasteiger partial charge on any atom is -0.497 e. The van der Waals surface area contributed by atoms with Crippen LogP contribution in [-0.2, 0) is 14.6 Å². The minimum atomic E-state index is -3.19. The summed E-state index contributed by atoms with van der Waals surface area (Å²) < 4.78 is 29.3. The Morgan fingerprint density at radius 1 is 1.29 bits per heavy atom. The first-order chi connectivity index (χ1) is 11.4. The Balaban J connectivity index is 1.75. The molecular weight excluding hydrogens is 330 g/mol. The second-order valence-electron chi connectivity index (χ2n) is 6.12. The van der Waals surface area contributed by atoms with E-state index in [0.29, 0.717) is 24.2 Å². The molecular formula is C17H25NO5S. The molecule has 1 fully saturated rings.